The molecule has 0 bridgehead atoms. The minimum absolute atomic E-state index is 0.0219. The number of rotatable bonds is 9. The number of hydrogen-bond acceptors (Lipinski definition) is 7. The molecule has 31 heavy (non-hydrogen) atoms. The fourth-order valence-electron chi connectivity index (χ4n) is 2.66. The third-order valence-electron chi connectivity index (χ3n) is 4.13. The van der Waals surface area contributed by atoms with Crippen molar-refractivity contribution >= 4 is 39.5 Å². The van der Waals surface area contributed by atoms with Gasteiger partial charge in [0.1, 0.15) is 11.9 Å². The Balaban J connectivity index is 2.08. The summed E-state index contributed by atoms with van der Waals surface area (Å²) in [4.78, 5) is 35.1. The van der Waals surface area contributed by atoms with Crippen LogP contribution in [0.2, 0.25) is 0 Å². The fraction of sp³-hybridized carbons (Fsp3) is 0.286. The summed E-state index contributed by atoms with van der Waals surface area (Å²) in [5.74, 6) is -1.48. The second-order valence-corrected chi connectivity index (χ2v) is 7.47. The van der Waals surface area contributed by atoms with Crippen LogP contribution in [0.15, 0.2) is 46.9 Å². The van der Waals surface area contributed by atoms with Crippen LogP contribution in [0.4, 0.5) is 14.9 Å². The number of carbonyl (C=O) groups excluding carboxylic acids is 3. The van der Waals surface area contributed by atoms with Gasteiger partial charge in [0.2, 0.25) is 6.29 Å². The highest BCUT2D eigenvalue weighted by atomic mass is 79.9. The quantitative estimate of drug-likeness (QED) is 0.360. The lowest BCUT2D eigenvalue weighted by Gasteiger charge is -2.20. The zero-order valence-corrected chi connectivity index (χ0v) is 18.6. The fourth-order valence-corrected chi connectivity index (χ4v) is 3.06. The van der Waals surface area contributed by atoms with E-state index in [1.165, 1.54) is 26.0 Å². The van der Waals surface area contributed by atoms with Crippen LogP contribution < -0.4 is 16.4 Å². The van der Waals surface area contributed by atoms with Crippen LogP contribution in [-0.2, 0) is 19.1 Å². The number of hydrogen-bond donors (Lipinski definition) is 3. The number of carbonyl (C=O) groups is 3. The molecule has 0 heterocycles. The molecule has 0 aliphatic heterocycles. The molecule has 0 aliphatic carbocycles. The molecule has 8 nitrogen and oxygen atoms in total. The van der Waals surface area contributed by atoms with Crippen LogP contribution in [0.25, 0.3) is 11.1 Å². The number of anilines is 1. The molecular weight excluding hydrogens is 473 g/mol. The third-order valence-corrected chi connectivity index (χ3v) is 4.63. The predicted molar refractivity (Wildman–Crippen MR) is 117 cm³/mol. The predicted octanol–water partition coefficient (Wildman–Crippen LogP) is 3.20. The molecule has 2 aromatic rings. The highest BCUT2D eigenvalue weighted by Crippen LogP contribution is 2.30. The number of Topliss-reactive ketones (excluding diaryl/α,β-unsaturated/α-hetero) is 1. The van der Waals surface area contributed by atoms with Crippen molar-refractivity contribution in [3.63, 3.8) is 0 Å². The van der Waals surface area contributed by atoms with Gasteiger partial charge in [-0.1, -0.05) is 28.1 Å². The Labute approximate surface area is 187 Å². The smallest absolute Gasteiger partial charge is 0.410 e. The third kappa shape index (κ3) is 7.65. The van der Waals surface area contributed by atoms with E-state index >= 15 is 0 Å². The molecule has 0 fully saturated rings. The molecule has 166 valence electrons. The molecular formula is C21H23BrFN3O5. The first-order valence-electron chi connectivity index (χ1n) is 9.36. The SMILES string of the molecule is CC(=O)C(CNc1ccc(F)cc1-c1cccc(Br)c1)NC(=O)OC(C)OC(=O)CN. The summed E-state index contributed by atoms with van der Waals surface area (Å²) in [6, 6.07) is 10.6. The molecule has 2 atom stereocenters. The maximum atomic E-state index is 13.9. The zero-order chi connectivity index (χ0) is 23.0. The molecule has 0 aromatic heterocycles. The normalized spacial score (nSPS) is 12.4. The number of benzene rings is 2. The average molecular weight is 496 g/mol. The van der Waals surface area contributed by atoms with E-state index in [0.717, 1.165) is 10.0 Å². The van der Waals surface area contributed by atoms with Gasteiger partial charge in [0, 0.05) is 29.2 Å². The first-order valence-corrected chi connectivity index (χ1v) is 10.2. The van der Waals surface area contributed by atoms with Gasteiger partial charge in [-0.25, -0.2) is 9.18 Å². The lowest BCUT2D eigenvalue weighted by molar-refractivity contribution is -0.163. The van der Waals surface area contributed by atoms with Crippen molar-refractivity contribution in [2.45, 2.75) is 26.2 Å². The molecule has 0 aliphatic rings. The summed E-state index contributed by atoms with van der Waals surface area (Å²) in [7, 11) is 0. The number of esters is 1. The van der Waals surface area contributed by atoms with Crippen LogP contribution in [0.5, 0.6) is 0 Å². The largest absolute Gasteiger partial charge is 0.424 e. The second kappa shape index (κ2) is 11.4. The van der Waals surface area contributed by atoms with Crippen LogP contribution in [0.1, 0.15) is 13.8 Å². The number of ether oxygens (including phenoxy) is 2. The van der Waals surface area contributed by atoms with Gasteiger partial charge in [0.15, 0.2) is 5.78 Å². The number of ketones is 1. The van der Waals surface area contributed by atoms with Gasteiger partial charge in [-0.05, 0) is 42.8 Å². The van der Waals surface area contributed by atoms with E-state index in [1.807, 2.05) is 24.3 Å². The van der Waals surface area contributed by atoms with Crippen LogP contribution >= 0.6 is 15.9 Å². The Morgan fingerprint density at radius 3 is 2.55 bits per heavy atom. The van der Waals surface area contributed by atoms with Crippen molar-refractivity contribution in [3.8, 4) is 11.1 Å². The Morgan fingerprint density at radius 2 is 1.90 bits per heavy atom. The van der Waals surface area contributed by atoms with E-state index in [1.54, 1.807) is 6.07 Å². The highest BCUT2D eigenvalue weighted by Gasteiger charge is 2.21. The Hall–Kier alpha value is -2.98. The summed E-state index contributed by atoms with van der Waals surface area (Å²) in [6.07, 6.45) is -2.11. The van der Waals surface area contributed by atoms with E-state index in [-0.39, 0.29) is 18.9 Å². The molecule has 0 radical (unpaired) electrons. The standard InChI is InChI=1S/C21H23BrFN3O5/c1-12(27)19(26-21(29)31-13(2)30-20(28)10-24)11-25-18-7-6-16(23)9-17(18)14-4-3-5-15(22)8-14/h3-9,13,19,25H,10-11,24H2,1-2H3,(H,26,29). The Morgan fingerprint density at radius 1 is 1.16 bits per heavy atom. The van der Waals surface area contributed by atoms with E-state index in [2.05, 4.69) is 26.6 Å². The van der Waals surface area contributed by atoms with Crippen molar-refractivity contribution in [1.29, 1.82) is 0 Å². The monoisotopic (exact) mass is 495 g/mol. The van der Waals surface area contributed by atoms with Crippen LogP contribution in [0, 0.1) is 5.82 Å². The number of halogens is 2. The van der Waals surface area contributed by atoms with Crippen LogP contribution in [0.3, 0.4) is 0 Å². The van der Waals surface area contributed by atoms with Crippen LogP contribution in [-0.4, -0.2) is 43.3 Å². The van der Waals surface area contributed by atoms with Gasteiger partial charge >= 0.3 is 12.1 Å². The highest BCUT2D eigenvalue weighted by molar-refractivity contribution is 9.10. The van der Waals surface area contributed by atoms with Crippen molar-refractivity contribution in [2.24, 2.45) is 5.73 Å². The number of nitrogens with two attached hydrogens (primary N) is 1. The molecule has 2 unspecified atom stereocenters. The first-order chi connectivity index (χ1) is 14.7. The minimum atomic E-state index is -1.17. The van der Waals surface area contributed by atoms with E-state index < -0.39 is 30.2 Å². The zero-order valence-electron chi connectivity index (χ0n) is 17.0. The molecule has 10 heteroatoms. The van der Waals surface area contributed by atoms with Crippen molar-refractivity contribution in [2.75, 3.05) is 18.4 Å². The van der Waals surface area contributed by atoms with E-state index in [4.69, 9.17) is 15.2 Å². The van der Waals surface area contributed by atoms with Crippen molar-refractivity contribution < 1.29 is 28.2 Å². The minimum Gasteiger partial charge on any atom is -0.424 e. The van der Waals surface area contributed by atoms with Gasteiger partial charge in [-0.3, -0.25) is 9.59 Å². The van der Waals surface area contributed by atoms with Crippen molar-refractivity contribution in [1.82, 2.24) is 5.32 Å². The molecule has 0 saturated carbocycles. The van der Waals surface area contributed by atoms with Gasteiger partial charge in [-0.15, -0.1) is 0 Å². The lowest BCUT2D eigenvalue weighted by Crippen LogP contribution is -2.45. The molecule has 2 aromatic carbocycles. The number of alkyl carbamates (subject to hydrolysis) is 1. The molecule has 0 spiro atoms. The Kier molecular flexibility index (Phi) is 8.95. The summed E-state index contributed by atoms with van der Waals surface area (Å²) in [5.41, 5.74) is 7.06. The maximum absolute atomic E-state index is 13.9. The van der Waals surface area contributed by atoms with Crippen molar-refractivity contribution in [3.05, 3.63) is 52.8 Å². The number of nitrogens with one attached hydrogen (secondary N) is 2. The summed E-state index contributed by atoms with van der Waals surface area (Å²) in [6.45, 7) is 2.32. The average Bonchev–Trinajstić information content (AvgIpc) is 2.71. The second-order valence-electron chi connectivity index (χ2n) is 6.56. The lowest BCUT2D eigenvalue weighted by atomic mass is 10.0. The van der Waals surface area contributed by atoms with Gasteiger partial charge < -0.3 is 25.8 Å². The first kappa shape index (κ1) is 24.3. The number of amides is 1. The topological polar surface area (TPSA) is 120 Å². The molecule has 2 rings (SSSR count). The maximum Gasteiger partial charge on any atom is 0.410 e. The molecule has 4 N–H and O–H groups in total. The van der Waals surface area contributed by atoms with Gasteiger partial charge in [-0.2, -0.15) is 0 Å². The Bertz CT molecular complexity index is 956. The molecule has 0 saturated heterocycles. The molecule has 1 amide bonds. The van der Waals surface area contributed by atoms with Gasteiger partial charge in [0.25, 0.3) is 0 Å². The summed E-state index contributed by atoms with van der Waals surface area (Å²) >= 11 is 3.39. The van der Waals surface area contributed by atoms with Gasteiger partial charge in [0.05, 0.1) is 6.54 Å². The summed E-state index contributed by atoms with van der Waals surface area (Å²) in [5, 5.41) is 5.48. The summed E-state index contributed by atoms with van der Waals surface area (Å²) < 4.78 is 24.3. The van der Waals surface area contributed by atoms with E-state index in [0.29, 0.717) is 11.3 Å². The van der Waals surface area contributed by atoms with E-state index in [9.17, 15) is 18.8 Å².